The molecule has 0 heterocycles. The summed E-state index contributed by atoms with van der Waals surface area (Å²) >= 11 is 2.46. The monoisotopic (exact) mass is 721 g/mol. The highest BCUT2D eigenvalue weighted by Gasteiger charge is 2.23. The van der Waals surface area contributed by atoms with Crippen molar-refractivity contribution >= 4 is 34.5 Å². The van der Waals surface area contributed by atoms with E-state index in [4.69, 9.17) is 9.47 Å². The summed E-state index contributed by atoms with van der Waals surface area (Å²) in [6, 6.07) is 0. The first-order valence-electron chi connectivity index (χ1n) is 18.3. The molecule has 0 radical (unpaired) electrons. The Bertz CT molecular complexity index is 656. The highest BCUT2D eigenvalue weighted by molar-refractivity contribution is 14.1. The zero-order chi connectivity index (χ0) is 31.4. The second-order valence-corrected chi connectivity index (χ2v) is 14.0. The summed E-state index contributed by atoms with van der Waals surface area (Å²) < 4.78 is 12.8. The van der Waals surface area contributed by atoms with Gasteiger partial charge in [-0.3, -0.25) is 9.59 Å². The van der Waals surface area contributed by atoms with E-state index in [-0.39, 0.29) is 30.8 Å². The molecule has 1 saturated carbocycles. The molecule has 0 aromatic heterocycles. The molecule has 1 rings (SSSR count). The van der Waals surface area contributed by atoms with Gasteiger partial charge in [-0.15, -0.1) is 0 Å². The van der Waals surface area contributed by atoms with Crippen LogP contribution in [0, 0.1) is 5.92 Å². The topological polar surface area (TPSA) is 76.1 Å². The van der Waals surface area contributed by atoms with E-state index in [1.165, 1.54) is 62.2 Å². The number of hydrogen-bond acceptors (Lipinski definition) is 6. The number of rotatable bonds is 29. The van der Waals surface area contributed by atoms with Crippen LogP contribution in [0.4, 0.5) is 0 Å². The van der Waals surface area contributed by atoms with Crippen LogP contribution in [-0.2, 0) is 19.1 Å². The van der Waals surface area contributed by atoms with Crippen molar-refractivity contribution in [3.8, 4) is 0 Å². The maximum absolute atomic E-state index is 12.5. The van der Waals surface area contributed by atoms with Crippen LogP contribution >= 0.6 is 22.6 Å². The van der Waals surface area contributed by atoms with E-state index in [1.54, 1.807) is 0 Å². The largest absolute Gasteiger partial charge is 0.462 e. The van der Waals surface area contributed by atoms with Crippen LogP contribution in [0.15, 0.2) is 0 Å². The molecule has 0 amide bonds. The summed E-state index contributed by atoms with van der Waals surface area (Å²) in [5.41, 5.74) is 0. The molecule has 1 atom stereocenters. The zero-order valence-corrected chi connectivity index (χ0v) is 30.3. The van der Waals surface area contributed by atoms with Crippen molar-refractivity contribution in [1.29, 1.82) is 0 Å². The molecular formula is C36H68INO5. The molecule has 1 N–H and O–H groups in total. The Labute approximate surface area is 279 Å². The quantitative estimate of drug-likeness (QED) is 0.0359. The molecule has 0 bridgehead atoms. The average molecular weight is 722 g/mol. The van der Waals surface area contributed by atoms with Crippen LogP contribution in [-0.4, -0.2) is 64.8 Å². The SMILES string of the molecule is CCCCCCC(CCCCC)OC(=O)CCCCCCCN(CCO)CCCCCC(=O)OC1CCC(CCI)CC1. The van der Waals surface area contributed by atoms with Crippen molar-refractivity contribution in [2.24, 2.45) is 5.92 Å². The first-order chi connectivity index (χ1) is 21.0. The van der Waals surface area contributed by atoms with Crippen molar-refractivity contribution in [2.45, 2.75) is 180 Å². The number of unbranched alkanes of at least 4 members (excludes halogenated alkanes) is 11. The van der Waals surface area contributed by atoms with Gasteiger partial charge in [0, 0.05) is 19.4 Å². The summed E-state index contributed by atoms with van der Waals surface area (Å²) in [7, 11) is 0. The first kappa shape index (κ1) is 40.6. The molecular weight excluding hydrogens is 653 g/mol. The minimum absolute atomic E-state index is 0.00587. The lowest BCUT2D eigenvalue weighted by Gasteiger charge is -2.28. The molecule has 0 spiro atoms. The fourth-order valence-corrected chi connectivity index (χ4v) is 7.14. The van der Waals surface area contributed by atoms with Gasteiger partial charge in [-0.2, -0.15) is 0 Å². The van der Waals surface area contributed by atoms with Gasteiger partial charge < -0.3 is 19.5 Å². The number of nitrogens with zero attached hydrogens (tertiary/aromatic N) is 1. The van der Waals surface area contributed by atoms with Crippen molar-refractivity contribution in [1.82, 2.24) is 4.90 Å². The second kappa shape index (κ2) is 29.0. The van der Waals surface area contributed by atoms with Gasteiger partial charge in [0.15, 0.2) is 0 Å². The van der Waals surface area contributed by atoms with Gasteiger partial charge in [-0.1, -0.05) is 94.2 Å². The molecule has 0 aromatic rings. The number of aliphatic hydroxyl groups is 1. The molecule has 1 aliphatic carbocycles. The van der Waals surface area contributed by atoms with Crippen LogP contribution < -0.4 is 0 Å². The molecule has 0 aliphatic heterocycles. The van der Waals surface area contributed by atoms with Crippen LogP contribution in [0.2, 0.25) is 0 Å². The molecule has 6 nitrogen and oxygen atoms in total. The van der Waals surface area contributed by atoms with Crippen LogP contribution in [0.5, 0.6) is 0 Å². The van der Waals surface area contributed by atoms with Gasteiger partial charge in [0.1, 0.15) is 12.2 Å². The molecule has 1 fully saturated rings. The normalized spacial score (nSPS) is 17.7. The van der Waals surface area contributed by atoms with E-state index in [0.717, 1.165) is 102 Å². The fraction of sp³-hybridized carbons (Fsp3) is 0.944. The average Bonchev–Trinajstić information content (AvgIpc) is 2.99. The number of carbonyl (C=O) groups excluding carboxylic acids is 2. The van der Waals surface area contributed by atoms with E-state index in [9.17, 15) is 14.7 Å². The highest BCUT2D eigenvalue weighted by Crippen LogP contribution is 2.29. The van der Waals surface area contributed by atoms with Gasteiger partial charge in [0.05, 0.1) is 6.61 Å². The predicted octanol–water partition coefficient (Wildman–Crippen LogP) is 9.57. The van der Waals surface area contributed by atoms with Crippen LogP contribution in [0.25, 0.3) is 0 Å². The summed E-state index contributed by atoms with van der Waals surface area (Å²) in [6.45, 7) is 7.32. The summed E-state index contributed by atoms with van der Waals surface area (Å²) in [5.74, 6) is 0.799. The maximum Gasteiger partial charge on any atom is 0.306 e. The molecule has 43 heavy (non-hydrogen) atoms. The third kappa shape index (κ3) is 23.6. The van der Waals surface area contributed by atoms with Gasteiger partial charge in [-0.25, -0.2) is 0 Å². The number of hydrogen-bond donors (Lipinski definition) is 1. The van der Waals surface area contributed by atoms with Gasteiger partial charge in [0.25, 0.3) is 0 Å². The Balaban J connectivity index is 2.09. The van der Waals surface area contributed by atoms with Crippen molar-refractivity contribution in [3.05, 3.63) is 0 Å². The smallest absolute Gasteiger partial charge is 0.306 e. The number of halogens is 1. The predicted molar refractivity (Wildman–Crippen MR) is 188 cm³/mol. The number of aliphatic hydroxyl groups excluding tert-OH is 1. The molecule has 0 saturated heterocycles. The zero-order valence-electron chi connectivity index (χ0n) is 28.1. The van der Waals surface area contributed by atoms with E-state index >= 15 is 0 Å². The summed E-state index contributed by atoms with van der Waals surface area (Å²) in [4.78, 5) is 27.1. The standard InChI is InChI=1S/C36H68INO5/c1-3-5-7-13-19-33(18-12-6-4-2)42-35(40)20-14-9-8-10-16-28-38(30-31-39)29-17-11-15-21-36(41)43-34-24-22-32(23-25-34)26-27-37/h32-34,39H,3-31H2,1-2H3. The second-order valence-electron chi connectivity index (χ2n) is 13.0. The van der Waals surface area contributed by atoms with Crippen LogP contribution in [0.1, 0.15) is 168 Å². The first-order valence-corrected chi connectivity index (χ1v) is 19.8. The van der Waals surface area contributed by atoms with Gasteiger partial charge in [-0.05, 0) is 107 Å². The lowest BCUT2D eigenvalue weighted by Crippen LogP contribution is -2.29. The third-order valence-corrected chi connectivity index (χ3v) is 9.67. The Kier molecular flexibility index (Phi) is 27.4. The molecule has 7 heteroatoms. The van der Waals surface area contributed by atoms with E-state index < -0.39 is 0 Å². The Morgan fingerprint density at radius 1 is 0.721 bits per heavy atom. The Hall–Kier alpha value is -0.410. The maximum atomic E-state index is 12.5. The van der Waals surface area contributed by atoms with Crippen LogP contribution in [0.3, 0.4) is 0 Å². The lowest BCUT2D eigenvalue weighted by molar-refractivity contribution is -0.151. The van der Waals surface area contributed by atoms with E-state index in [1.807, 2.05) is 0 Å². The molecule has 1 unspecified atom stereocenters. The number of ether oxygens (including phenoxy) is 2. The third-order valence-electron chi connectivity index (χ3n) is 9.04. The minimum Gasteiger partial charge on any atom is -0.462 e. The van der Waals surface area contributed by atoms with E-state index in [0.29, 0.717) is 19.4 Å². The van der Waals surface area contributed by atoms with E-state index in [2.05, 4.69) is 41.3 Å². The lowest BCUT2D eigenvalue weighted by atomic mass is 9.86. The van der Waals surface area contributed by atoms with Crippen molar-refractivity contribution < 1.29 is 24.2 Å². The Morgan fingerprint density at radius 2 is 1.26 bits per heavy atom. The number of alkyl halides is 1. The highest BCUT2D eigenvalue weighted by atomic mass is 127. The Morgan fingerprint density at radius 3 is 1.88 bits per heavy atom. The van der Waals surface area contributed by atoms with Gasteiger partial charge >= 0.3 is 11.9 Å². The minimum atomic E-state index is -0.0213. The fourth-order valence-electron chi connectivity index (χ4n) is 6.26. The molecule has 254 valence electrons. The van der Waals surface area contributed by atoms with Crippen molar-refractivity contribution in [2.75, 3.05) is 30.7 Å². The number of carbonyl (C=O) groups is 2. The van der Waals surface area contributed by atoms with Gasteiger partial charge in [0.2, 0.25) is 0 Å². The molecule has 1 aliphatic rings. The number of esters is 2. The summed E-state index contributed by atoms with van der Waals surface area (Å²) in [6.07, 6.45) is 26.0. The summed E-state index contributed by atoms with van der Waals surface area (Å²) in [5, 5.41) is 9.49. The molecule has 0 aromatic carbocycles. The van der Waals surface area contributed by atoms with Crippen molar-refractivity contribution in [3.63, 3.8) is 0 Å².